The molecule has 1 aliphatic rings. The first-order valence-electron chi connectivity index (χ1n) is 9.11. The Hall–Kier alpha value is -1.95. The fraction of sp³-hybridized carbons (Fsp3) is 0.350. The Kier molecular flexibility index (Phi) is 6.83. The van der Waals surface area contributed by atoms with Crippen LogP contribution in [-0.2, 0) is 4.79 Å². The second kappa shape index (κ2) is 9.31. The van der Waals surface area contributed by atoms with E-state index in [1.165, 1.54) is 0 Å². The molecule has 0 atom stereocenters. The monoisotopic (exact) mass is 408 g/mol. The van der Waals surface area contributed by atoms with Gasteiger partial charge >= 0.3 is 0 Å². The Morgan fingerprint density at radius 2 is 1.78 bits per heavy atom. The van der Waals surface area contributed by atoms with Gasteiger partial charge in [-0.15, -0.1) is 0 Å². The second-order valence-corrected chi connectivity index (χ2v) is 7.42. The lowest BCUT2D eigenvalue weighted by atomic mass is 10.2. The Labute approximate surface area is 169 Å². The van der Waals surface area contributed by atoms with Gasteiger partial charge in [-0.1, -0.05) is 23.2 Å². The van der Waals surface area contributed by atoms with Gasteiger partial charge in [0.1, 0.15) is 5.75 Å². The van der Waals surface area contributed by atoms with Crippen molar-refractivity contribution in [1.82, 2.24) is 0 Å². The predicted molar refractivity (Wildman–Crippen MR) is 110 cm³/mol. The molecular formula is C20H24Cl2N3O2+. The van der Waals surface area contributed by atoms with E-state index in [9.17, 15) is 4.79 Å². The van der Waals surface area contributed by atoms with E-state index in [1.807, 2.05) is 12.1 Å². The fourth-order valence-electron chi connectivity index (χ4n) is 3.17. The number of benzene rings is 2. The van der Waals surface area contributed by atoms with Crippen molar-refractivity contribution in [3.63, 3.8) is 0 Å². The number of rotatable bonds is 6. The van der Waals surface area contributed by atoms with Crippen LogP contribution in [0, 0.1) is 0 Å². The highest BCUT2D eigenvalue weighted by molar-refractivity contribution is 6.31. The summed E-state index contributed by atoms with van der Waals surface area (Å²) in [5, 5.41) is 4.15. The van der Waals surface area contributed by atoms with Gasteiger partial charge in [-0.25, -0.2) is 0 Å². The van der Waals surface area contributed by atoms with Crippen LogP contribution >= 0.6 is 23.2 Å². The van der Waals surface area contributed by atoms with E-state index in [0.29, 0.717) is 21.5 Å². The van der Waals surface area contributed by atoms with Crippen molar-refractivity contribution in [3.05, 3.63) is 52.5 Å². The molecule has 1 aliphatic heterocycles. The maximum Gasteiger partial charge on any atom is 0.262 e. The average Bonchev–Trinajstić information content (AvgIpc) is 2.68. The second-order valence-electron chi connectivity index (χ2n) is 6.54. The summed E-state index contributed by atoms with van der Waals surface area (Å²) in [7, 11) is 0. The van der Waals surface area contributed by atoms with Gasteiger partial charge in [0.25, 0.3) is 5.91 Å². The number of likely N-dealkylation sites (N-methyl/N-ethyl adjacent to an activating group) is 1. The molecule has 1 saturated heterocycles. The maximum absolute atomic E-state index is 12.4. The number of quaternary nitrogens is 1. The van der Waals surface area contributed by atoms with E-state index in [2.05, 4.69) is 17.1 Å². The van der Waals surface area contributed by atoms with Crippen LogP contribution in [0.2, 0.25) is 10.0 Å². The van der Waals surface area contributed by atoms with Crippen LogP contribution in [0.1, 0.15) is 6.92 Å². The molecule has 27 heavy (non-hydrogen) atoms. The minimum absolute atomic E-state index is 0.0820. The van der Waals surface area contributed by atoms with Crippen molar-refractivity contribution >= 4 is 40.5 Å². The van der Waals surface area contributed by atoms with Gasteiger partial charge in [-0.2, -0.15) is 0 Å². The van der Waals surface area contributed by atoms with Gasteiger partial charge in [-0.3, -0.25) is 4.79 Å². The molecule has 5 nitrogen and oxygen atoms in total. The zero-order valence-corrected chi connectivity index (χ0v) is 16.8. The standard InChI is InChI=1S/C20H23Cl2N3O2/c1-2-24-9-11-25(12-10-24)19-8-5-16(22)13-18(19)23-20(26)14-27-17-6-3-15(21)4-7-17/h3-8,13H,2,9-12,14H2,1H3,(H,23,26)/p+1. The Morgan fingerprint density at radius 3 is 2.44 bits per heavy atom. The predicted octanol–water partition coefficient (Wildman–Crippen LogP) is 2.74. The lowest BCUT2D eigenvalue weighted by Gasteiger charge is -2.34. The van der Waals surface area contributed by atoms with Crippen LogP contribution in [-0.4, -0.2) is 45.2 Å². The van der Waals surface area contributed by atoms with Crippen LogP contribution in [0.5, 0.6) is 5.75 Å². The number of nitrogens with one attached hydrogen (secondary N) is 2. The number of carbonyl (C=O) groups is 1. The van der Waals surface area contributed by atoms with E-state index < -0.39 is 0 Å². The minimum Gasteiger partial charge on any atom is -0.484 e. The average molecular weight is 409 g/mol. The van der Waals surface area contributed by atoms with Crippen molar-refractivity contribution in [2.45, 2.75) is 6.92 Å². The fourth-order valence-corrected chi connectivity index (χ4v) is 3.47. The molecular weight excluding hydrogens is 385 g/mol. The van der Waals surface area contributed by atoms with Crippen molar-refractivity contribution in [1.29, 1.82) is 0 Å². The third-order valence-corrected chi connectivity index (χ3v) is 5.21. The molecule has 0 saturated carbocycles. The molecule has 0 bridgehead atoms. The highest BCUT2D eigenvalue weighted by Crippen LogP contribution is 2.29. The van der Waals surface area contributed by atoms with Crippen molar-refractivity contribution in [2.75, 3.05) is 49.5 Å². The smallest absolute Gasteiger partial charge is 0.262 e. The van der Waals surface area contributed by atoms with E-state index in [1.54, 1.807) is 35.2 Å². The van der Waals surface area contributed by atoms with Crippen LogP contribution in [0.25, 0.3) is 0 Å². The number of amides is 1. The zero-order chi connectivity index (χ0) is 19.2. The normalized spacial score (nSPS) is 14.9. The molecule has 1 heterocycles. The first-order valence-corrected chi connectivity index (χ1v) is 9.87. The first-order chi connectivity index (χ1) is 13.0. The summed E-state index contributed by atoms with van der Waals surface area (Å²) in [5.74, 6) is 0.366. The van der Waals surface area contributed by atoms with Gasteiger partial charge in [0.2, 0.25) is 0 Å². The number of ether oxygens (including phenoxy) is 1. The van der Waals surface area contributed by atoms with Crippen molar-refractivity contribution in [3.8, 4) is 5.75 Å². The minimum atomic E-state index is -0.230. The van der Waals surface area contributed by atoms with Crippen molar-refractivity contribution in [2.24, 2.45) is 0 Å². The van der Waals surface area contributed by atoms with E-state index >= 15 is 0 Å². The van der Waals surface area contributed by atoms with Crippen LogP contribution in [0.3, 0.4) is 0 Å². The molecule has 2 N–H and O–H groups in total. The topological polar surface area (TPSA) is 46.0 Å². The first kappa shape index (κ1) is 19.8. The van der Waals surface area contributed by atoms with Crippen LogP contribution in [0.15, 0.2) is 42.5 Å². The molecule has 2 aromatic rings. The summed E-state index contributed by atoms with van der Waals surface area (Å²) in [4.78, 5) is 16.3. The Bertz CT molecular complexity index is 775. The molecule has 0 radical (unpaired) electrons. The lowest BCUT2D eigenvalue weighted by Crippen LogP contribution is -3.14. The van der Waals surface area contributed by atoms with Crippen molar-refractivity contribution < 1.29 is 14.4 Å². The van der Waals surface area contributed by atoms with Gasteiger partial charge in [0.05, 0.1) is 44.1 Å². The maximum atomic E-state index is 12.4. The molecule has 1 fully saturated rings. The van der Waals surface area contributed by atoms with Gasteiger partial charge in [0.15, 0.2) is 6.61 Å². The molecule has 0 spiro atoms. The Balaban J connectivity index is 1.64. The summed E-state index contributed by atoms with van der Waals surface area (Å²) in [6.07, 6.45) is 0. The van der Waals surface area contributed by atoms with Crippen LogP contribution < -0.4 is 19.9 Å². The molecule has 144 valence electrons. The molecule has 0 unspecified atom stereocenters. The summed E-state index contributed by atoms with van der Waals surface area (Å²) in [6.45, 7) is 7.35. The third-order valence-electron chi connectivity index (χ3n) is 4.73. The molecule has 0 aliphatic carbocycles. The van der Waals surface area contributed by atoms with Gasteiger partial charge < -0.3 is 19.9 Å². The highest BCUT2D eigenvalue weighted by atomic mass is 35.5. The number of hydrogen-bond donors (Lipinski definition) is 2. The molecule has 1 amide bonds. The summed E-state index contributed by atoms with van der Waals surface area (Å²) >= 11 is 12.0. The number of nitrogens with zero attached hydrogens (tertiary/aromatic N) is 1. The van der Waals surface area contributed by atoms with E-state index in [0.717, 1.165) is 38.4 Å². The summed E-state index contributed by atoms with van der Waals surface area (Å²) in [5.41, 5.74) is 1.71. The summed E-state index contributed by atoms with van der Waals surface area (Å²) < 4.78 is 5.52. The Morgan fingerprint density at radius 1 is 1.11 bits per heavy atom. The highest BCUT2D eigenvalue weighted by Gasteiger charge is 2.21. The largest absolute Gasteiger partial charge is 0.484 e. The van der Waals surface area contributed by atoms with Gasteiger partial charge in [0, 0.05) is 10.0 Å². The quantitative estimate of drug-likeness (QED) is 0.772. The van der Waals surface area contributed by atoms with E-state index in [-0.39, 0.29) is 12.5 Å². The lowest BCUT2D eigenvalue weighted by molar-refractivity contribution is -0.898. The third kappa shape index (κ3) is 5.51. The van der Waals surface area contributed by atoms with Gasteiger partial charge in [-0.05, 0) is 49.4 Å². The number of anilines is 2. The SMILES string of the molecule is CC[NH+]1CCN(c2ccc(Cl)cc2NC(=O)COc2ccc(Cl)cc2)CC1. The molecule has 7 heteroatoms. The number of carbonyl (C=O) groups excluding carboxylic acids is 1. The van der Waals surface area contributed by atoms with E-state index in [4.69, 9.17) is 27.9 Å². The molecule has 3 rings (SSSR count). The number of piperazine rings is 1. The zero-order valence-electron chi connectivity index (χ0n) is 15.3. The van der Waals surface area contributed by atoms with Crippen LogP contribution in [0.4, 0.5) is 11.4 Å². The number of halogens is 2. The summed E-state index contributed by atoms with van der Waals surface area (Å²) in [6, 6.07) is 12.5. The molecule has 2 aromatic carbocycles. The molecule has 0 aromatic heterocycles. The number of hydrogen-bond acceptors (Lipinski definition) is 3.